The van der Waals surface area contributed by atoms with E-state index in [9.17, 15) is 0 Å². The van der Waals surface area contributed by atoms with Crippen molar-refractivity contribution in [2.45, 2.75) is 42.4 Å². The fraction of sp³-hybridized carbons (Fsp3) is 0.308. The van der Waals surface area contributed by atoms with Crippen molar-refractivity contribution < 1.29 is 9.47 Å². The van der Waals surface area contributed by atoms with E-state index in [2.05, 4.69) is 29.6 Å². The summed E-state index contributed by atoms with van der Waals surface area (Å²) in [6.07, 6.45) is 4.70. The normalized spacial score (nSPS) is 17.0. The molecule has 1 aliphatic carbocycles. The van der Waals surface area contributed by atoms with E-state index >= 15 is 0 Å². The molecule has 5 nitrogen and oxygen atoms in total. The van der Waals surface area contributed by atoms with Gasteiger partial charge in [-0.25, -0.2) is 9.97 Å². The van der Waals surface area contributed by atoms with Crippen molar-refractivity contribution in [2.24, 2.45) is 0 Å². The van der Waals surface area contributed by atoms with Gasteiger partial charge < -0.3 is 14.8 Å². The van der Waals surface area contributed by atoms with Gasteiger partial charge in [-0.05, 0) is 55.5 Å². The maximum Gasteiger partial charge on any atom is 0.161 e. The third kappa shape index (κ3) is 4.39. The number of nitrogens with zero attached hydrogens (tertiary/aromatic N) is 2. The molecule has 0 fully saturated rings. The summed E-state index contributed by atoms with van der Waals surface area (Å²) in [6, 6.07) is 18.3. The van der Waals surface area contributed by atoms with Gasteiger partial charge in [-0.1, -0.05) is 30.3 Å². The topological polar surface area (TPSA) is 56.3 Å². The molecule has 0 unspecified atom stereocenters. The van der Waals surface area contributed by atoms with Crippen LogP contribution in [0, 0.1) is 0 Å². The van der Waals surface area contributed by atoms with Crippen LogP contribution in [-0.4, -0.2) is 29.2 Å². The minimum Gasteiger partial charge on any atom is -0.486 e. The number of thiophene rings is 1. The van der Waals surface area contributed by atoms with Crippen molar-refractivity contribution >= 4 is 39.1 Å². The number of aromatic nitrogens is 2. The summed E-state index contributed by atoms with van der Waals surface area (Å²) in [5, 5.41) is 4.81. The Balaban J connectivity index is 1.26. The number of anilines is 1. The van der Waals surface area contributed by atoms with Crippen molar-refractivity contribution in [3.63, 3.8) is 0 Å². The van der Waals surface area contributed by atoms with Gasteiger partial charge in [0.2, 0.25) is 0 Å². The Hall–Kier alpha value is -2.77. The second-order valence-electron chi connectivity index (χ2n) is 8.36. The second kappa shape index (κ2) is 9.23. The monoisotopic (exact) mass is 475 g/mol. The molecule has 1 aliphatic heterocycles. The highest BCUT2D eigenvalue weighted by Gasteiger charge is 2.24. The van der Waals surface area contributed by atoms with Gasteiger partial charge in [0, 0.05) is 9.77 Å². The van der Waals surface area contributed by atoms with Crippen molar-refractivity contribution in [3.8, 4) is 11.5 Å². The third-order valence-electron chi connectivity index (χ3n) is 6.04. The number of aryl methyl sites for hydroxylation is 2. The van der Waals surface area contributed by atoms with Gasteiger partial charge >= 0.3 is 0 Å². The van der Waals surface area contributed by atoms with Crippen LogP contribution in [0.1, 0.15) is 29.1 Å². The lowest BCUT2D eigenvalue weighted by molar-refractivity contribution is 0.0997. The Morgan fingerprint density at radius 3 is 2.70 bits per heavy atom. The molecule has 6 rings (SSSR count). The summed E-state index contributed by atoms with van der Waals surface area (Å²) in [7, 11) is 0. The molecule has 2 aromatic heterocycles. The Labute approximate surface area is 201 Å². The first kappa shape index (κ1) is 20.8. The average molecular weight is 476 g/mol. The summed E-state index contributed by atoms with van der Waals surface area (Å²) >= 11 is 3.62. The lowest BCUT2D eigenvalue weighted by atomic mass is 9.97. The van der Waals surface area contributed by atoms with Gasteiger partial charge in [-0.3, -0.25) is 0 Å². The van der Waals surface area contributed by atoms with E-state index in [4.69, 9.17) is 19.4 Å². The van der Waals surface area contributed by atoms with Crippen molar-refractivity contribution in [3.05, 3.63) is 70.9 Å². The van der Waals surface area contributed by atoms with E-state index in [-0.39, 0.29) is 6.10 Å². The third-order valence-corrected chi connectivity index (χ3v) is 8.23. The van der Waals surface area contributed by atoms with Gasteiger partial charge in [0.05, 0.1) is 17.7 Å². The SMILES string of the molecule is c1ccc(SCc2nc(NC[C@H]3COc4ccccc4O3)c3c4c(sc3n2)CCCC4)cc1. The lowest BCUT2D eigenvalue weighted by Gasteiger charge is -2.26. The van der Waals surface area contributed by atoms with E-state index in [1.54, 1.807) is 11.8 Å². The largest absolute Gasteiger partial charge is 0.486 e. The van der Waals surface area contributed by atoms with Crippen LogP contribution in [0.5, 0.6) is 11.5 Å². The van der Waals surface area contributed by atoms with Crippen LogP contribution in [0.15, 0.2) is 59.5 Å². The molecule has 0 saturated heterocycles. The molecule has 2 aliphatic rings. The number of para-hydroxylation sites is 2. The average Bonchev–Trinajstić information content (AvgIpc) is 3.25. The Morgan fingerprint density at radius 2 is 1.79 bits per heavy atom. The summed E-state index contributed by atoms with van der Waals surface area (Å²) in [5.41, 5.74) is 1.44. The van der Waals surface area contributed by atoms with E-state index in [1.807, 2.05) is 41.7 Å². The molecule has 2 aromatic carbocycles. The molecule has 168 valence electrons. The molecule has 0 amide bonds. The quantitative estimate of drug-likeness (QED) is 0.339. The number of benzene rings is 2. The highest BCUT2D eigenvalue weighted by Crippen LogP contribution is 2.39. The Morgan fingerprint density at radius 1 is 0.970 bits per heavy atom. The summed E-state index contributed by atoms with van der Waals surface area (Å²) in [4.78, 5) is 13.8. The number of fused-ring (bicyclic) bond motifs is 4. The Kier molecular flexibility index (Phi) is 5.82. The fourth-order valence-corrected chi connectivity index (χ4v) is 6.49. The first-order valence-corrected chi connectivity index (χ1v) is 13.2. The predicted octanol–water partition coefficient (Wildman–Crippen LogP) is 6.11. The van der Waals surface area contributed by atoms with Crippen molar-refractivity contribution in [2.75, 3.05) is 18.5 Å². The van der Waals surface area contributed by atoms with Gasteiger partial charge in [-0.15, -0.1) is 23.1 Å². The maximum atomic E-state index is 6.16. The molecule has 1 atom stereocenters. The number of nitrogens with one attached hydrogen (secondary N) is 1. The first-order valence-electron chi connectivity index (χ1n) is 11.4. The zero-order valence-electron chi connectivity index (χ0n) is 18.3. The smallest absolute Gasteiger partial charge is 0.161 e. The number of hydrogen-bond acceptors (Lipinski definition) is 7. The van der Waals surface area contributed by atoms with Gasteiger partial charge in [0.25, 0.3) is 0 Å². The first-order chi connectivity index (χ1) is 16.3. The van der Waals surface area contributed by atoms with Crippen molar-refractivity contribution in [1.82, 2.24) is 9.97 Å². The minimum absolute atomic E-state index is 0.0680. The van der Waals surface area contributed by atoms with Crippen LogP contribution in [-0.2, 0) is 18.6 Å². The van der Waals surface area contributed by atoms with Crippen LogP contribution < -0.4 is 14.8 Å². The van der Waals surface area contributed by atoms with Gasteiger partial charge in [-0.2, -0.15) is 0 Å². The minimum atomic E-state index is -0.0680. The maximum absolute atomic E-state index is 6.16. The molecule has 0 bridgehead atoms. The molecule has 0 radical (unpaired) electrons. The molecular weight excluding hydrogens is 450 g/mol. The molecule has 4 aromatic rings. The lowest BCUT2D eigenvalue weighted by Crippen LogP contribution is -2.35. The molecular formula is C26H25N3O2S2. The van der Waals surface area contributed by atoms with Crippen LogP contribution in [0.2, 0.25) is 0 Å². The number of hydrogen-bond donors (Lipinski definition) is 1. The van der Waals surface area contributed by atoms with Gasteiger partial charge in [0.15, 0.2) is 11.5 Å². The molecule has 1 N–H and O–H groups in total. The highest BCUT2D eigenvalue weighted by molar-refractivity contribution is 7.98. The molecule has 0 spiro atoms. The standard InChI is InChI=1S/C26H25N3O2S2/c1-2-8-18(9-3-1)32-16-23-28-25(24-19-10-4-7-13-22(19)33-26(24)29-23)27-14-17-15-30-20-11-5-6-12-21(20)31-17/h1-3,5-6,8-9,11-12,17H,4,7,10,13-16H2,(H,27,28,29)/t17-/m0/s1. The van der Waals surface area contributed by atoms with Gasteiger partial charge in [0.1, 0.15) is 29.2 Å². The van der Waals surface area contributed by atoms with E-state index < -0.39 is 0 Å². The van der Waals surface area contributed by atoms with Crippen LogP contribution in [0.25, 0.3) is 10.2 Å². The molecule has 7 heteroatoms. The molecule has 0 saturated carbocycles. The molecule has 33 heavy (non-hydrogen) atoms. The number of thioether (sulfide) groups is 1. The van der Waals surface area contributed by atoms with Crippen molar-refractivity contribution in [1.29, 1.82) is 0 Å². The highest BCUT2D eigenvalue weighted by atomic mass is 32.2. The predicted molar refractivity (Wildman–Crippen MR) is 135 cm³/mol. The van der Waals surface area contributed by atoms with Crippen LogP contribution in [0.4, 0.5) is 5.82 Å². The molecule has 3 heterocycles. The number of rotatable bonds is 6. The zero-order chi connectivity index (χ0) is 22.0. The fourth-order valence-electron chi connectivity index (χ4n) is 4.43. The van der Waals surface area contributed by atoms with Crippen LogP contribution in [0.3, 0.4) is 0 Å². The van der Waals surface area contributed by atoms with E-state index in [0.29, 0.717) is 13.2 Å². The number of ether oxygens (including phenoxy) is 2. The summed E-state index contributed by atoms with van der Waals surface area (Å²) in [5.74, 6) is 4.16. The van der Waals surface area contributed by atoms with E-state index in [1.165, 1.54) is 33.6 Å². The second-order valence-corrected chi connectivity index (χ2v) is 10.5. The van der Waals surface area contributed by atoms with Crippen LogP contribution >= 0.6 is 23.1 Å². The van der Waals surface area contributed by atoms with E-state index in [0.717, 1.165) is 46.6 Å². The Bertz CT molecular complexity index is 1280. The summed E-state index contributed by atoms with van der Waals surface area (Å²) < 4.78 is 12.1. The zero-order valence-corrected chi connectivity index (χ0v) is 19.9. The summed E-state index contributed by atoms with van der Waals surface area (Å²) in [6.45, 7) is 1.16.